The van der Waals surface area contributed by atoms with Gasteiger partial charge in [-0.25, -0.2) is 13.1 Å². The molecule has 0 saturated carbocycles. The van der Waals surface area contributed by atoms with E-state index in [1.54, 1.807) is 57.2 Å². The minimum atomic E-state index is -4.55. The maximum Gasteiger partial charge on any atom is 0.418 e. The molecule has 37 heavy (non-hydrogen) atoms. The third kappa shape index (κ3) is 5.76. The molecule has 3 aromatic carbocycles. The Labute approximate surface area is 212 Å². The largest absolute Gasteiger partial charge is 0.457 e. The number of ether oxygens (including phenoxy) is 1. The van der Waals surface area contributed by atoms with Crippen molar-refractivity contribution in [2.24, 2.45) is 0 Å². The lowest BCUT2D eigenvalue weighted by Gasteiger charge is -2.23. The van der Waals surface area contributed by atoms with Gasteiger partial charge in [-0.15, -0.1) is 0 Å². The Morgan fingerprint density at radius 3 is 2.30 bits per heavy atom. The number of aliphatic hydroxyl groups excluding tert-OH is 1. The highest BCUT2D eigenvalue weighted by Gasteiger charge is 2.33. The SMILES string of the molecule is Cc1cnc2c(C(F)(F)F)cccc2c1-c1cccc(Oc2cccc(S(=O)(=O)NC(C)(C)CO)c2)c1. The second-order valence-corrected chi connectivity index (χ2v) is 11.0. The highest BCUT2D eigenvalue weighted by atomic mass is 32.2. The monoisotopic (exact) mass is 530 g/mol. The van der Waals surface area contributed by atoms with E-state index in [2.05, 4.69) is 9.71 Å². The Morgan fingerprint density at radius 2 is 1.62 bits per heavy atom. The van der Waals surface area contributed by atoms with Crippen LogP contribution in [0, 0.1) is 6.92 Å². The number of aromatic nitrogens is 1. The summed E-state index contributed by atoms with van der Waals surface area (Å²) in [5.41, 5.74) is -0.103. The third-order valence-corrected chi connectivity index (χ3v) is 7.37. The van der Waals surface area contributed by atoms with Crippen LogP contribution < -0.4 is 9.46 Å². The maximum atomic E-state index is 13.6. The molecule has 1 heterocycles. The van der Waals surface area contributed by atoms with Crippen LogP contribution in [0.2, 0.25) is 0 Å². The summed E-state index contributed by atoms with van der Waals surface area (Å²) in [5.74, 6) is 0.615. The molecule has 0 saturated heterocycles. The molecule has 1 aromatic heterocycles. The van der Waals surface area contributed by atoms with Gasteiger partial charge in [-0.2, -0.15) is 13.2 Å². The number of aliphatic hydroxyl groups is 1. The molecule has 6 nitrogen and oxygen atoms in total. The average Bonchev–Trinajstić information content (AvgIpc) is 2.82. The number of pyridine rings is 1. The Morgan fingerprint density at radius 1 is 0.973 bits per heavy atom. The van der Waals surface area contributed by atoms with Gasteiger partial charge in [0, 0.05) is 17.6 Å². The first-order valence-electron chi connectivity index (χ1n) is 11.3. The van der Waals surface area contributed by atoms with E-state index < -0.39 is 27.3 Å². The lowest BCUT2D eigenvalue weighted by molar-refractivity contribution is -0.136. The van der Waals surface area contributed by atoms with Crippen molar-refractivity contribution in [3.63, 3.8) is 0 Å². The number of alkyl halides is 3. The number of rotatable bonds is 7. The summed E-state index contributed by atoms with van der Waals surface area (Å²) < 4.78 is 74.6. The van der Waals surface area contributed by atoms with Crippen LogP contribution in [0.1, 0.15) is 25.0 Å². The van der Waals surface area contributed by atoms with Crippen LogP contribution >= 0.6 is 0 Å². The summed E-state index contributed by atoms with van der Waals surface area (Å²) in [5, 5.41) is 9.76. The molecule has 0 atom stereocenters. The lowest BCUT2D eigenvalue weighted by atomic mass is 9.95. The van der Waals surface area contributed by atoms with Crippen LogP contribution in [0.3, 0.4) is 0 Å². The molecule has 10 heteroatoms. The number of nitrogens with zero attached hydrogens (tertiary/aromatic N) is 1. The highest BCUT2D eigenvalue weighted by Crippen LogP contribution is 2.39. The Bertz CT molecular complexity index is 1570. The van der Waals surface area contributed by atoms with E-state index in [0.29, 0.717) is 27.8 Å². The van der Waals surface area contributed by atoms with Crippen molar-refractivity contribution >= 4 is 20.9 Å². The number of hydrogen-bond acceptors (Lipinski definition) is 5. The van der Waals surface area contributed by atoms with Crippen molar-refractivity contribution in [2.75, 3.05) is 6.61 Å². The van der Waals surface area contributed by atoms with Gasteiger partial charge in [0.2, 0.25) is 10.0 Å². The van der Waals surface area contributed by atoms with E-state index in [-0.39, 0.29) is 22.8 Å². The number of hydrogen-bond donors (Lipinski definition) is 2. The molecule has 0 fully saturated rings. The van der Waals surface area contributed by atoms with E-state index >= 15 is 0 Å². The van der Waals surface area contributed by atoms with Gasteiger partial charge in [-0.05, 0) is 67.8 Å². The fourth-order valence-electron chi connectivity index (χ4n) is 3.95. The summed E-state index contributed by atoms with van der Waals surface area (Å²) in [4.78, 5) is 4.01. The van der Waals surface area contributed by atoms with Crippen LogP contribution in [0.25, 0.3) is 22.0 Å². The molecule has 0 aliphatic rings. The highest BCUT2D eigenvalue weighted by molar-refractivity contribution is 7.89. The predicted octanol–water partition coefficient (Wildman–Crippen LogP) is 6.07. The van der Waals surface area contributed by atoms with E-state index in [1.165, 1.54) is 30.5 Å². The fraction of sp³-hybridized carbons (Fsp3) is 0.222. The van der Waals surface area contributed by atoms with Gasteiger partial charge in [0.25, 0.3) is 0 Å². The van der Waals surface area contributed by atoms with Crippen molar-refractivity contribution in [3.8, 4) is 22.6 Å². The second kappa shape index (κ2) is 9.77. The molecule has 0 aliphatic heterocycles. The first-order chi connectivity index (χ1) is 17.3. The number of halogens is 3. The van der Waals surface area contributed by atoms with Gasteiger partial charge in [-0.3, -0.25) is 4.98 Å². The van der Waals surface area contributed by atoms with Crippen LogP contribution in [0.4, 0.5) is 13.2 Å². The third-order valence-electron chi connectivity index (χ3n) is 5.67. The summed E-state index contributed by atoms with van der Waals surface area (Å²) in [7, 11) is -3.93. The smallest absolute Gasteiger partial charge is 0.418 e. The minimum Gasteiger partial charge on any atom is -0.457 e. The summed E-state index contributed by atoms with van der Waals surface area (Å²) in [6, 6.07) is 16.6. The van der Waals surface area contributed by atoms with Gasteiger partial charge >= 0.3 is 6.18 Å². The normalized spacial score (nSPS) is 12.6. The zero-order valence-corrected chi connectivity index (χ0v) is 21.1. The van der Waals surface area contributed by atoms with Crippen molar-refractivity contribution in [2.45, 2.75) is 37.4 Å². The molecule has 0 radical (unpaired) electrons. The van der Waals surface area contributed by atoms with Crippen molar-refractivity contribution in [1.82, 2.24) is 9.71 Å². The maximum absolute atomic E-state index is 13.6. The van der Waals surface area contributed by atoms with Crippen LogP contribution in [0.5, 0.6) is 11.5 Å². The zero-order valence-electron chi connectivity index (χ0n) is 20.3. The fourth-order valence-corrected chi connectivity index (χ4v) is 5.38. The van der Waals surface area contributed by atoms with E-state index in [0.717, 1.165) is 6.07 Å². The van der Waals surface area contributed by atoms with Gasteiger partial charge in [-0.1, -0.05) is 30.3 Å². The number of fused-ring (bicyclic) bond motifs is 1. The first-order valence-corrected chi connectivity index (χ1v) is 12.8. The van der Waals surface area contributed by atoms with Gasteiger partial charge < -0.3 is 9.84 Å². The molecule has 0 spiro atoms. The van der Waals surface area contributed by atoms with E-state index in [9.17, 15) is 26.7 Å². The molecule has 0 aliphatic carbocycles. The van der Waals surface area contributed by atoms with Crippen molar-refractivity contribution in [1.29, 1.82) is 0 Å². The first kappa shape index (κ1) is 26.6. The molecule has 2 N–H and O–H groups in total. The number of benzene rings is 3. The molecule has 0 unspecified atom stereocenters. The van der Waals surface area contributed by atoms with E-state index in [4.69, 9.17) is 4.74 Å². The molecular weight excluding hydrogens is 505 g/mol. The molecular formula is C27H25F3N2O4S. The topological polar surface area (TPSA) is 88.5 Å². The number of para-hydroxylation sites is 1. The van der Waals surface area contributed by atoms with Gasteiger partial charge in [0.15, 0.2) is 0 Å². The minimum absolute atomic E-state index is 0.0432. The molecule has 0 bridgehead atoms. The summed E-state index contributed by atoms with van der Waals surface area (Å²) in [6.07, 6.45) is -3.13. The van der Waals surface area contributed by atoms with Crippen molar-refractivity contribution < 1.29 is 31.4 Å². The second-order valence-electron chi connectivity index (χ2n) is 9.27. The van der Waals surface area contributed by atoms with Crippen LogP contribution in [0.15, 0.2) is 77.8 Å². The van der Waals surface area contributed by atoms with E-state index in [1.807, 2.05) is 0 Å². The molecule has 4 rings (SSSR count). The molecule has 4 aromatic rings. The summed E-state index contributed by atoms with van der Waals surface area (Å²) in [6.45, 7) is 4.49. The van der Waals surface area contributed by atoms with Crippen LogP contribution in [-0.2, 0) is 16.2 Å². The Hall–Kier alpha value is -3.47. The zero-order chi connectivity index (χ0) is 27.0. The molecule has 0 amide bonds. The van der Waals surface area contributed by atoms with Crippen molar-refractivity contribution in [3.05, 3.63) is 84.1 Å². The van der Waals surface area contributed by atoms with Gasteiger partial charge in [0.05, 0.1) is 28.1 Å². The number of sulfonamides is 1. The quantitative estimate of drug-likeness (QED) is 0.303. The van der Waals surface area contributed by atoms with Gasteiger partial charge in [0.1, 0.15) is 11.5 Å². The Balaban J connectivity index is 1.71. The standard InChI is InChI=1S/C27H25F3N2O4S/c1-17-15-31-25-22(11-6-12-23(25)27(28,29)30)24(17)18-7-4-8-19(13-18)36-20-9-5-10-21(14-20)37(34,35)32-26(2,3)16-33/h4-15,32-33H,16H2,1-3H3. The summed E-state index contributed by atoms with van der Waals surface area (Å²) >= 11 is 0. The van der Waals surface area contributed by atoms with Crippen LogP contribution in [-0.4, -0.2) is 30.7 Å². The lowest BCUT2D eigenvalue weighted by Crippen LogP contribution is -2.46. The number of aryl methyl sites for hydroxylation is 1. The predicted molar refractivity (Wildman–Crippen MR) is 135 cm³/mol. The Kier molecular flexibility index (Phi) is 7.02. The molecule has 194 valence electrons. The average molecular weight is 531 g/mol. The number of nitrogens with one attached hydrogen (secondary N) is 1.